The maximum atomic E-state index is 2.38. The first-order chi connectivity index (χ1) is 8.13. The minimum absolute atomic E-state index is 0.694. The van der Waals surface area contributed by atoms with Crippen LogP contribution < -0.4 is 0 Å². The lowest BCUT2D eigenvalue weighted by Crippen LogP contribution is -1.92. The Labute approximate surface area is 108 Å². The fourth-order valence-corrected chi connectivity index (χ4v) is 2.99. The molecule has 0 saturated carbocycles. The molecule has 1 aromatic carbocycles. The first kappa shape index (κ1) is 12.6. The van der Waals surface area contributed by atoms with E-state index in [1.54, 1.807) is 0 Å². The molecular formula is C15H21NS. The summed E-state index contributed by atoms with van der Waals surface area (Å²) in [7, 11) is 0. The van der Waals surface area contributed by atoms with Crippen molar-refractivity contribution in [3.05, 3.63) is 35.5 Å². The standard InChI is InChI=1S/C15H21NS/c1-5-16-9-13(10-17-11(2)3)14-8-6-7-12(4)15(14)16/h6-9,11H,5,10H2,1-4H3. The van der Waals surface area contributed by atoms with Crippen LogP contribution in [0.2, 0.25) is 0 Å². The van der Waals surface area contributed by atoms with Crippen LogP contribution in [0.5, 0.6) is 0 Å². The van der Waals surface area contributed by atoms with Gasteiger partial charge in [0.25, 0.3) is 0 Å². The van der Waals surface area contributed by atoms with E-state index in [2.05, 4.69) is 56.7 Å². The molecule has 0 amide bonds. The van der Waals surface area contributed by atoms with Crippen LogP contribution in [0.25, 0.3) is 10.9 Å². The third-order valence-electron chi connectivity index (χ3n) is 3.10. The second kappa shape index (κ2) is 5.18. The maximum Gasteiger partial charge on any atom is 0.0513 e. The Morgan fingerprint density at radius 2 is 2.06 bits per heavy atom. The number of rotatable bonds is 4. The highest BCUT2D eigenvalue weighted by Crippen LogP contribution is 2.28. The second-order valence-corrected chi connectivity index (χ2v) is 6.34. The van der Waals surface area contributed by atoms with Gasteiger partial charge in [0.2, 0.25) is 0 Å². The summed E-state index contributed by atoms with van der Waals surface area (Å²) in [5, 5.41) is 2.12. The lowest BCUT2D eigenvalue weighted by atomic mass is 10.1. The largest absolute Gasteiger partial charge is 0.347 e. The highest BCUT2D eigenvalue weighted by Gasteiger charge is 2.09. The molecule has 1 nitrogen and oxygen atoms in total. The van der Waals surface area contributed by atoms with E-state index in [1.807, 2.05) is 11.8 Å². The molecule has 0 spiro atoms. The van der Waals surface area contributed by atoms with Gasteiger partial charge in [-0.05, 0) is 30.2 Å². The smallest absolute Gasteiger partial charge is 0.0513 e. The van der Waals surface area contributed by atoms with E-state index in [4.69, 9.17) is 0 Å². The van der Waals surface area contributed by atoms with Gasteiger partial charge >= 0.3 is 0 Å². The van der Waals surface area contributed by atoms with Gasteiger partial charge in [0.1, 0.15) is 0 Å². The second-order valence-electron chi connectivity index (χ2n) is 4.77. The van der Waals surface area contributed by atoms with Gasteiger partial charge in [0.15, 0.2) is 0 Å². The summed E-state index contributed by atoms with van der Waals surface area (Å²) in [5.74, 6) is 1.12. The fraction of sp³-hybridized carbons (Fsp3) is 0.467. The molecule has 2 rings (SSSR count). The van der Waals surface area contributed by atoms with E-state index in [9.17, 15) is 0 Å². The monoisotopic (exact) mass is 247 g/mol. The van der Waals surface area contributed by atoms with Crippen molar-refractivity contribution in [2.45, 2.75) is 45.2 Å². The zero-order valence-corrected chi connectivity index (χ0v) is 12.0. The number of hydrogen-bond acceptors (Lipinski definition) is 1. The number of thioether (sulfide) groups is 1. The topological polar surface area (TPSA) is 4.93 Å². The van der Waals surface area contributed by atoms with Crippen molar-refractivity contribution in [2.24, 2.45) is 0 Å². The zero-order valence-electron chi connectivity index (χ0n) is 11.2. The van der Waals surface area contributed by atoms with Crippen molar-refractivity contribution in [3.8, 4) is 0 Å². The van der Waals surface area contributed by atoms with Gasteiger partial charge in [-0.2, -0.15) is 11.8 Å². The molecule has 0 fully saturated rings. The summed E-state index contributed by atoms with van der Waals surface area (Å²) >= 11 is 2.02. The summed E-state index contributed by atoms with van der Waals surface area (Å²) in [5.41, 5.74) is 4.27. The lowest BCUT2D eigenvalue weighted by Gasteiger charge is -2.04. The van der Waals surface area contributed by atoms with Crippen molar-refractivity contribution in [1.82, 2.24) is 4.57 Å². The van der Waals surface area contributed by atoms with Crippen molar-refractivity contribution < 1.29 is 0 Å². The summed E-state index contributed by atoms with van der Waals surface area (Å²) in [6, 6.07) is 6.62. The Morgan fingerprint density at radius 3 is 2.71 bits per heavy atom. The quantitative estimate of drug-likeness (QED) is 0.763. The molecule has 0 radical (unpaired) electrons. The lowest BCUT2D eigenvalue weighted by molar-refractivity contribution is 0.793. The number of para-hydroxylation sites is 1. The van der Waals surface area contributed by atoms with Crippen molar-refractivity contribution in [1.29, 1.82) is 0 Å². The van der Waals surface area contributed by atoms with Crippen molar-refractivity contribution >= 4 is 22.7 Å². The molecule has 17 heavy (non-hydrogen) atoms. The first-order valence-corrected chi connectivity index (χ1v) is 7.37. The summed E-state index contributed by atoms with van der Waals surface area (Å²) in [4.78, 5) is 0. The van der Waals surface area contributed by atoms with Crippen LogP contribution in [0.3, 0.4) is 0 Å². The van der Waals surface area contributed by atoms with E-state index in [-0.39, 0.29) is 0 Å². The van der Waals surface area contributed by atoms with Crippen LogP contribution in [-0.4, -0.2) is 9.82 Å². The molecule has 0 saturated heterocycles. The Morgan fingerprint density at radius 1 is 1.29 bits per heavy atom. The molecule has 0 aliphatic carbocycles. The Hall–Kier alpha value is -0.890. The van der Waals surface area contributed by atoms with Crippen molar-refractivity contribution in [3.63, 3.8) is 0 Å². The van der Waals surface area contributed by atoms with Crippen LogP contribution in [0.1, 0.15) is 31.9 Å². The third kappa shape index (κ3) is 2.52. The van der Waals surface area contributed by atoms with Gasteiger partial charge in [-0.1, -0.05) is 32.0 Å². The number of fused-ring (bicyclic) bond motifs is 1. The fourth-order valence-electron chi connectivity index (χ4n) is 2.24. The Bertz CT molecular complexity index is 511. The SMILES string of the molecule is CCn1cc(CSC(C)C)c2cccc(C)c21. The van der Waals surface area contributed by atoms with E-state index < -0.39 is 0 Å². The number of aryl methyl sites for hydroxylation is 2. The minimum atomic E-state index is 0.694. The summed E-state index contributed by atoms with van der Waals surface area (Å²) in [6.07, 6.45) is 2.33. The molecule has 0 aliphatic rings. The molecular weight excluding hydrogens is 226 g/mol. The predicted molar refractivity (Wildman–Crippen MR) is 78.8 cm³/mol. The van der Waals surface area contributed by atoms with Crippen LogP contribution in [0.15, 0.2) is 24.4 Å². The van der Waals surface area contributed by atoms with E-state index in [0.29, 0.717) is 5.25 Å². The molecule has 1 aromatic heterocycles. The summed E-state index contributed by atoms with van der Waals surface area (Å²) in [6.45, 7) is 9.98. The molecule has 0 N–H and O–H groups in total. The van der Waals surface area contributed by atoms with Crippen LogP contribution in [-0.2, 0) is 12.3 Å². The molecule has 0 aliphatic heterocycles. The summed E-state index contributed by atoms with van der Waals surface area (Å²) < 4.78 is 2.38. The molecule has 92 valence electrons. The zero-order chi connectivity index (χ0) is 12.4. The molecule has 0 atom stereocenters. The first-order valence-electron chi connectivity index (χ1n) is 6.32. The van der Waals surface area contributed by atoms with Crippen LogP contribution in [0, 0.1) is 6.92 Å². The molecule has 1 heterocycles. The van der Waals surface area contributed by atoms with Crippen LogP contribution >= 0.6 is 11.8 Å². The molecule has 0 bridgehead atoms. The van der Waals surface area contributed by atoms with E-state index in [1.165, 1.54) is 22.0 Å². The maximum absolute atomic E-state index is 2.38. The Kier molecular flexibility index (Phi) is 3.82. The van der Waals surface area contributed by atoms with E-state index >= 15 is 0 Å². The molecule has 2 aromatic rings. The van der Waals surface area contributed by atoms with Gasteiger partial charge in [0.05, 0.1) is 5.52 Å². The highest BCUT2D eigenvalue weighted by molar-refractivity contribution is 7.99. The van der Waals surface area contributed by atoms with Gasteiger partial charge in [-0.15, -0.1) is 0 Å². The molecule has 2 heteroatoms. The molecule has 0 unspecified atom stereocenters. The number of aromatic nitrogens is 1. The number of nitrogens with zero attached hydrogens (tertiary/aromatic N) is 1. The average Bonchev–Trinajstić information content (AvgIpc) is 2.66. The Balaban J connectivity index is 2.46. The normalized spacial score (nSPS) is 11.6. The van der Waals surface area contributed by atoms with Gasteiger partial charge in [-0.25, -0.2) is 0 Å². The van der Waals surface area contributed by atoms with Crippen LogP contribution in [0.4, 0.5) is 0 Å². The van der Waals surface area contributed by atoms with Gasteiger partial charge < -0.3 is 4.57 Å². The average molecular weight is 247 g/mol. The van der Waals surface area contributed by atoms with Crippen molar-refractivity contribution in [2.75, 3.05) is 0 Å². The number of hydrogen-bond donors (Lipinski definition) is 0. The van der Waals surface area contributed by atoms with Gasteiger partial charge in [0, 0.05) is 23.9 Å². The van der Waals surface area contributed by atoms with E-state index in [0.717, 1.165) is 12.3 Å². The third-order valence-corrected chi connectivity index (χ3v) is 4.24. The number of benzene rings is 1. The highest BCUT2D eigenvalue weighted by atomic mass is 32.2. The minimum Gasteiger partial charge on any atom is -0.347 e. The van der Waals surface area contributed by atoms with Gasteiger partial charge in [-0.3, -0.25) is 0 Å². The predicted octanol–water partition coefficient (Wildman–Crippen LogP) is 4.61.